The van der Waals surface area contributed by atoms with Crippen LogP contribution in [0.4, 0.5) is 0 Å². The van der Waals surface area contributed by atoms with E-state index in [0.29, 0.717) is 5.82 Å². The van der Waals surface area contributed by atoms with Crippen LogP contribution in [0.25, 0.3) is 139 Å². The van der Waals surface area contributed by atoms with Crippen LogP contribution in [0, 0.1) is 13.8 Å². The summed E-state index contributed by atoms with van der Waals surface area (Å²) in [5, 5.41) is 7.26. The monoisotopic (exact) mass is 983 g/mol. The first kappa shape index (κ1) is 44.4. The SMILES string of the molecule is Cc1ccc2c(c1)c1cc(C)ccc1n2-c1c(-c2ccccc2-n2c3ccccc3c3ccccc32)cc(-c2nc(-c3ccccc3)cc(-c3ccccc3)n2)cc1-c1ccccc1-n1c2ccccc2c2ccccc21. The molecule has 0 spiro atoms. The van der Waals surface area contributed by atoms with E-state index in [1.807, 2.05) is 0 Å². The van der Waals surface area contributed by atoms with Gasteiger partial charge in [-0.1, -0.05) is 193 Å². The van der Waals surface area contributed by atoms with Gasteiger partial charge < -0.3 is 13.7 Å². The molecular formula is C72H49N5. The number of benzene rings is 11. The molecule has 0 radical (unpaired) electrons. The Morgan fingerprint density at radius 2 is 0.610 bits per heavy atom. The summed E-state index contributed by atoms with van der Waals surface area (Å²) in [5.74, 6) is 0.636. The van der Waals surface area contributed by atoms with Crippen LogP contribution in [-0.4, -0.2) is 23.7 Å². The summed E-state index contributed by atoms with van der Waals surface area (Å²) < 4.78 is 7.46. The second kappa shape index (κ2) is 17.8. The van der Waals surface area contributed by atoms with Crippen molar-refractivity contribution in [2.75, 3.05) is 0 Å². The average molecular weight is 984 g/mol. The van der Waals surface area contributed by atoms with Gasteiger partial charge in [0, 0.05) is 71.3 Å². The fourth-order valence-corrected chi connectivity index (χ4v) is 12.2. The van der Waals surface area contributed by atoms with Gasteiger partial charge in [0.05, 0.1) is 61.6 Å². The quantitative estimate of drug-likeness (QED) is 0.152. The van der Waals surface area contributed by atoms with Gasteiger partial charge in [-0.05, 0) is 92.7 Å². The van der Waals surface area contributed by atoms with E-state index < -0.39 is 0 Å². The van der Waals surface area contributed by atoms with Gasteiger partial charge in [0.2, 0.25) is 0 Å². The van der Waals surface area contributed by atoms with Crippen molar-refractivity contribution in [3.63, 3.8) is 0 Å². The molecule has 0 saturated heterocycles. The van der Waals surface area contributed by atoms with Gasteiger partial charge in [0.15, 0.2) is 5.82 Å². The molecule has 0 bridgehead atoms. The lowest BCUT2D eigenvalue weighted by atomic mass is 9.90. The zero-order valence-corrected chi connectivity index (χ0v) is 42.6. The Labute approximate surface area is 445 Å². The molecule has 4 aromatic heterocycles. The Hall–Kier alpha value is -10.1. The predicted molar refractivity (Wildman–Crippen MR) is 322 cm³/mol. The molecule has 0 amide bonds. The molecule has 15 aromatic rings. The molecule has 5 nitrogen and oxygen atoms in total. The van der Waals surface area contributed by atoms with Crippen molar-refractivity contribution in [3.05, 3.63) is 272 Å². The Balaban J connectivity index is 1.14. The summed E-state index contributed by atoms with van der Waals surface area (Å²) in [5.41, 5.74) is 21.3. The van der Waals surface area contributed by atoms with E-state index in [9.17, 15) is 0 Å². The minimum Gasteiger partial charge on any atom is -0.309 e. The Morgan fingerprint density at radius 1 is 0.260 bits per heavy atom. The number of fused-ring (bicyclic) bond motifs is 9. The minimum atomic E-state index is 0.636. The molecule has 362 valence electrons. The molecule has 11 aromatic carbocycles. The molecule has 77 heavy (non-hydrogen) atoms. The van der Waals surface area contributed by atoms with E-state index >= 15 is 0 Å². The first-order chi connectivity index (χ1) is 38.0. The lowest BCUT2D eigenvalue weighted by Crippen LogP contribution is -2.06. The fourth-order valence-electron chi connectivity index (χ4n) is 12.2. The van der Waals surface area contributed by atoms with E-state index in [1.165, 1.54) is 43.4 Å². The van der Waals surface area contributed by atoms with Crippen molar-refractivity contribution in [2.24, 2.45) is 0 Å². The van der Waals surface area contributed by atoms with Crippen molar-refractivity contribution < 1.29 is 0 Å². The number of aromatic nitrogens is 5. The fraction of sp³-hybridized carbons (Fsp3) is 0.0278. The minimum absolute atomic E-state index is 0.636. The highest BCUT2D eigenvalue weighted by Gasteiger charge is 2.27. The maximum absolute atomic E-state index is 5.56. The van der Waals surface area contributed by atoms with E-state index in [4.69, 9.17) is 9.97 Å². The van der Waals surface area contributed by atoms with Crippen LogP contribution < -0.4 is 0 Å². The zero-order chi connectivity index (χ0) is 51.1. The summed E-state index contributed by atoms with van der Waals surface area (Å²) in [6.45, 7) is 4.39. The molecule has 0 saturated carbocycles. The first-order valence-electron chi connectivity index (χ1n) is 26.4. The maximum Gasteiger partial charge on any atom is 0.160 e. The summed E-state index contributed by atoms with van der Waals surface area (Å²) in [7, 11) is 0. The van der Waals surface area contributed by atoms with Crippen molar-refractivity contribution >= 4 is 65.4 Å². The molecule has 0 aliphatic rings. The molecule has 0 aliphatic carbocycles. The van der Waals surface area contributed by atoms with E-state index in [2.05, 4.69) is 288 Å². The molecule has 5 heteroatoms. The first-order valence-corrected chi connectivity index (χ1v) is 26.4. The van der Waals surface area contributed by atoms with Crippen molar-refractivity contribution in [1.29, 1.82) is 0 Å². The number of hydrogen-bond acceptors (Lipinski definition) is 2. The van der Waals surface area contributed by atoms with Crippen LogP contribution in [0.3, 0.4) is 0 Å². The van der Waals surface area contributed by atoms with Crippen molar-refractivity contribution in [2.45, 2.75) is 13.8 Å². The standard InChI is InChI=1S/C72H49N5/c1-46-37-39-69-57(41-46)58-42-47(2)38-40-70(58)77(69)71-59(55-29-13-19-35-67(55)75-63-31-15-9-25-51(63)52-26-10-16-32-64(52)75)43-50(72-73-61(48-21-5-3-6-22-48)45-62(74-72)49-23-7-4-8-24-49)44-60(71)56-30-14-20-36-68(56)76-65-33-17-11-27-53(65)54-28-12-18-34-66(54)76/h3-45H,1-2H3. The molecule has 0 unspecified atom stereocenters. The third kappa shape index (κ3) is 7.16. The van der Waals surface area contributed by atoms with E-state index in [1.54, 1.807) is 0 Å². The molecule has 0 aliphatic heterocycles. The topological polar surface area (TPSA) is 40.6 Å². The number of para-hydroxylation sites is 6. The summed E-state index contributed by atoms with van der Waals surface area (Å²) in [6, 6.07) is 94.8. The zero-order valence-electron chi connectivity index (χ0n) is 42.6. The molecule has 0 atom stereocenters. The molecule has 4 heterocycles. The third-order valence-corrected chi connectivity index (χ3v) is 15.6. The van der Waals surface area contributed by atoms with Crippen LogP contribution in [0.15, 0.2) is 261 Å². The number of nitrogens with zero attached hydrogens (tertiary/aromatic N) is 5. The van der Waals surface area contributed by atoms with Crippen LogP contribution in [-0.2, 0) is 0 Å². The number of hydrogen-bond donors (Lipinski definition) is 0. The lowest BCUT2D eigenvalue weighted by Gasteiger charge is -2.24. The van der Waals surface area contributed by atoms with Gasteiger partial charge in [-0.15, -0.1) is 0 Å². The van der Waals surface area contributed by atoms with Crippen LogP contribution in [0.5, 0.6) is 0 Å². The van der Waals surface area contributed by atoms with Gasteiger partial charge in [0.25, 0.3) is 0 Å². The van der Waals surface area contributed by atoms with Gasteiger partial charge in [-0.3, -0.25) is 0 Å². The smallest absolute Gasteiger partial charge is 0.160 e. The predicted octanol–water partition coefficient (Wildman–Crippen LogP) is 18.7. The normalized spacial score (nSPS) is 11.8. The second-order valence-corrected chi connectivity index (χ2v) is 20.3. The van der Waals surface area contributed by atoms with Gasteiger partial charge >= 0.3 is 0 Å². The summed E-state index contributed by atoms with van der Waals surface area (Å²) >= 11 is 0. The molecule has 15 rings (SSSR count). The second-order valence-electron chi connectivity index (χ2n) is 20.3. The average Bonchev–Trinajstić information content (AvgIpc) is 4.23. The van der Waals surface area contributed by atoms with Gasteiger partial charge in [-0.2, -0.15) is 0 Å². The number of aryl methyl sites for hydroxylation is 2. The highest BCUT2D eigenvalue weighted by atomic mass is 15.0. The highest BCUT2D eigenvalue weighted by molar-refractivity contribution is 6.14. The number of rotatable bonds is 8. The Bertz CT molecular complexity index is 4420. The summed E-state index contributed by atoms with van der Waals surface area (Å²) in [4.78, 5) is 11.1. The van der Waals surface area contributed by atoms with Gasteiger partial charge in [-0.25, -0.2) is 9.97 Å². The Morgan fingerprint density at radius 3 is 1.03 bits per heavy atom. The third-order valence-electron chi connectivity index (χ3n) is 15.6. The molecule has 0 fully saturated rings. The summed E-state index contributed by atoms with van der Waals surface area (Å²) in [6.07, 6.45) is 0. The van der Waals surface area contributed by atoms with Crippen LogP contribution in [0.1, 0.15) is 11.1 Å². The van der Waals surface area contributed by atoms with E-state index in [-0.39, 0.29) is 0 Å². The molecule has 0 N–H and O–H groups in total. The largest absolute Gasteiger partial charge is 0.309 e. The van der Waals surface area contributed by atoms with Crippen molar-refractivity contribution in [3.8, 4) is 73.2 Å². The van der Waals surface area contributed by atoms with E-state index in [0.717, 1.165) is 100 Å². The van der Waals surface area contributed by atoms with Crippen LogP contribution >= 0.6 is 0 Å². The molecular weight excluding hydrogens is 935 g/mol. The highest BCUT2D eigenvalue weighted by Crippen LogP contribution is 2.48. The Kier molecular flexibility index (Phi) is 10.3. The maximum atomic E-state index is 5.56. The van der Waals surface area contributed by atoms with Crippen LogP contribution in [0.2, 0.25) is 0 Å². The van der Waals surface area contributed by atoms with Crippen molar-refractivity contribution in [1.82, 2.24) is 23.7 Å². The lowest BCUT2D eigenvalue weighted by molar-refractivity contribution is 1.14. The van der Waals surface area contributed by atoms with Gasteiger partial charge in [0.1, 0.15) is 0 Å².